The van der Waals surface area contributed by atoms with Gasteiger partial charge in [0, 0.05) is 11.8 Å². The Balaban J connectivity index is 2.34. The maximum atomic E-state index is 11.2. The minimum atomic E-state index is -0.244. The van der Waals surface area contributed by atoms with Crippen molar-refractivity contribution in [2.45, 2.75) is 17.2 Å². The van der Waals surface area contributed by atoms with Gasteiger partial charge in [0.05, 0.1) is 0 Å². The maximum Gasteiger partial charge on any atom is 0.251 e. The van der Waals surface area contributed by atoms with E-state index in [-0.39, 0.29) is 21.3 Å². The predicted octanol–water partition coefficient (Wildman–Crippen LogP) is 1.72. The van der Waals surface area contributed by atoms with E-state index < -0.39 is 0 Å². The summed E-state index contributed by atoms with van der Waals surface area (Å²) in [5.41, 5.74) is 0.355. The fourth-order valence-corrected chi connectivity index (χ4v) is 2.28. The molecule has 0 fully saturated rings. The van der Waals surface area contributed by atoms with Crippen molar-refractivity contribution in [3.8, 4) is 0 Å². The third-order valence-corrected chi connectivity index (χ3v) is 2.69. The summed E-state index contributed by atoms with van der Waals surface area (Å²) in [5, 5.41) is 0.613. The van der Waals surface area contributed by atoms with Crippen LogP contribution < -0.4 is 5.56 Å². The van der Waals surface area contributed by atoms with Crippen LogP contribution in [0.3, 0.4) is 0 Å². The highest BCUT2D eigenvalue weighted by molar-refractivity contribution is 7.99. The van der Waals surface area contributed by atoms with Gasteiger partial charge in [-0.25, -0.2) is 4.98 Å². The first-order chi connectivity index (χ1) is 8.02. The van der Waals surface area contributed by atoms with Crippen LogP contribution in [0.15, 0.2) is 21.2 Å². The summed E-state index contributed by atoms with van der Waals surface area (Å²) in [5.74, 6) is 0. The van der Waals surface area contributed by atoms with Gasteiger partial charge in [0.15, 0.2) is 5.16 Å². The van der Waals surface area contributed by atoms with Gasteiger partial charge >= 0.3 is 0 Å². The molecular weight excluding hydrogens is 285 g/mol. The molecule has 6 nitrogen and oxygen atoms in total. The number of rotatable bonds is 2. The van der Waals surface area contributed by atoms with Crippen molar-refractivity contribution in [1.29, 1.82) is 0 Å². The predicted molar refractivity (Wildman–Crippen MR) is 63.6 cm³/mol. The van der Waals surface area contributed by atoms with Gasteiger partial charge in [-0.1, -0.05) is 0 Å². The van der Waals surface area contributed by atoms with Gasteiger partial charge in [0.2, 0.25) is 15.7 Å². The van der Waals surface area contributed by atoms with Crippen molar-refractivity contribution in [3.63, 3.8) is 0 Å². The molecule has 0 aliphatic heterocycles. The highest BCUT2D eigenvalue weighted by Crippen LogP contribution is 2.21. The lowest BCUT2D eigenvalue weighted by molar-refractivity contribution is 0.871. The van der Waals surface area contributed by atoms with Gasteiger partial charge in [-0.05, 0) is 41.9 Å². The van der Waals surface area contributed by atoms with Crippen LogP contribution in [0, 0.1) is 6.92 Å². The number of hydrogen-bond acceptors (Lipinski definition) is 6. The Kier molecular flexibility index (Phi) is 3.60. The van der Waals surface area contributed by atoms with Crippen molar-refractivity contribution in [3.05, 3.63) is 32.7 Å². The molecule has 88 valence electrons. The quantitative estimate of drug-likeness (QED) is 0.848. The molecule has 17 heavy (non-hydrogen) atoms. The fourth-order valence-electron chi connectivity index (χ4n) is 1.04. The monoisotopic (exact) mass is 289 g/mol. The topological polar surface area (TPSA) is 84.4 Å². The van der Waals surface area contributed by atoms with Gasteiger partial charge in [-0.3, -0.25) is 4.79 Å². The molecule has 0 saturated heterocycles. The average molecular weight is 290 g/mol. The number of halogens is 2. The summed E-state index contributed by atoms with van der Waals surface area (Å²) in [7, 11) is 0. The molecule has 0 saturated carbocycles. The lowest BCUT2D eigenvalue weighted by Gasteiger charge is -2.00. The zero-order valence-electron chi connectivity index (χ0n) is 8.44. The Morgan fingerprint density at radius 3 is 2.41 bits per heavy atom. The lowest BCUT2D eigenvalue weighted by Crippen LogP contribution is -2.08. The van der Waals surface area contributed by atoms with Crippen molar-refractivity contribution >= 4 is 35.0 Å². The van der Waals surface area contributed by atoms with E-state index in [0.717, 1.165) is 11.8 Å². The second-order valence-corrected chi connectivity index (χ2v) is 4.58. The zero-order valence-corrected chi connectivity index (χ0v) is 10.8. The van der Waals surface area contributed by atoms with Crippen LogP contribution in [0.4, 0.5) is 0 Å². The van der Waals surface area contributed by atoms with Crippen molar-refractivity contribution in [2.24, 2.45) is 0 Å². The molecule has 0 amide bonds. The summed E-state index contributed by atoms with van der Waals surface area (Å²) in [6.07, 6.45) is 0. The molecule has 2 aromatic heterocycles. The highest BCUT2D eigenvalue weighted by Gasteiger charge is 2.07. The second-order valence-electron chi connectivity index (χ2n) is 2.95. The Bertz CT molecular complexity index is 597. The molecule has 0 aromatic carbocycles. The SMILES string of the molecule is Cc1cc(=O)[nH]c(Sc2nc(Cl)nc(Cl)n2)n1. The Labute approximate surface area is 110 Å². The summed E-state index contributed by atoms with van der Waals surface area (Å²) < 4.78 is 0. The molecule has 2 aromatic rings. The van der Waals surface area contributed by atoms with Crippen LogP contribution in [-0.4, -0.2) is 24.9 Å². The number of aryl methyl sites for hydroxylation is 1. The number of hydrogen-bond donors (Lipinski definition) is 1. The van der Waals surface area contributed by atoms with Gasteiger partial charge in [-0.15, -0.1) is 0 Å². The average Bonchev–Trinajstić information content (AvgIpc) is 2.13. The molecule has 9 heteroatoms. The largest absolute Gasteiger partial charge is 0.301 e. The summed E-state index contributed by atoms with van der Waals surface area (Å²) >= 11 is 12.3. The van der Waals surface area contributed by atoms with Crippen LogP contribution >= 0.6 is 35.0 Å². The molecule has 0 radical (unpaired) electrons. The summed E-state index contributed by atoms with van der Waals surface area (Å²) in [4.78, 5) is 29.2. The minimum absolute atomic E-state index is 0.0116. The number of aromatic amines is 1. The first kappa shape index (κ1) is 12.3. The van der Waals surface area contributed by atoms with Crippen LogP contribution in [0.25, 0.3) is 0 Å². The van der Waals surface area contributed by atoms with E-state index >= 15 is 0 Å². The van der Waals surface area contributed by atoms with E-state index in [1.54, 1.807) is 6.92 Å². The van der Waals surface area contributed by atoms with Crippen LogP contribution in [0.2, 0.25) is 10.6 Å². The molecule has 0 atom stereocenters. The van der Waals surface area contributed by atoms with Crippen LogP contribution in [0.5, 0.6) is 0 Å². The normalized spacial score (nSPS) is 10.5. The van der Waals surface area contributed by atoms with Crippen LogP contribution in [-0.2, 0) is 0 Å². The van der Waals surface area contributed by atoms with E-state index in [1.807, 2.05) is 0 Å². The molecular formula is C8H5Cl2N5OS. The standard InChI is InChI=1S/C8H5Cl2N5OS/c1-3-2-4(16)12-7(11-3)17-8-14-5(9)13-6(10)15-8/h2H,1H3,(H,11,12,16). The Morgan fingerprint density at radius 1 is 1.18 bits per heavy atom. The molecule has 0 spiro atoms. The Hall–Kier alpha value is -1.18. The van der Waals surface area contributed by atoms with Crippen molar-refractivity contribution in [1.82, 2.24) is 24.9 Å². The molecule has 2 heterocycles. The van der Waals surface area contributed by atoms with Gasteiger partial charge in [-0.2, -0.15) is 15.0 Å². The van der Waals surface area contributed by atoms with E-state index in [1.165, 1.54) is 6.07 Å². The number of nitrogens with one attached hydrogen (secondary N) is 1. The van der Waals surface area contributed by atoms with Gasteiger partial charge in [0.1, 0.15) is 0 Å². The number of H-pyrrole nitrogens is 1. The van der Waals surface area contributed by atoms with E-state index in [2.05, 4.69) is 24.9 Å². The molecule has 0 bridgehead atoms. The molecule has 2 rings (SSSR count). The van der Waals surface area contributed by atoms with Crippen molar-refractivity contribution in [2.75, 3.05) is 0 Å². The number of nitrogens with zero attached hydrogens (tertiary/aromatic N) is 4. The van der Waals surface area contributed by atoms with E-state index in [0.29, 0.717) is 10.9 Å². The lowest BCUT2D eigenvalue weighted by atomic mass is 10.5. The molecule has 0 unspecified atom stereocenters. The maximum absolute atomic E-state index is 11.2. The smallest absolute Gasteiger partial charge is 0.251 e. The molecule has 0 aliphatic carbocycles. The third-order valence-electron chi connectivity index (χ3n) is 1.60. The summed E-state index contributed by atoms with van der Waals surface area (Å²) in [6.45, 7) is 1.71. The zero-order chi connectivity index (χ0) is 12.4. The second kappa shape index (κ2) is 4.99. The first-order valence-electron chi connectivity index (χ1n) is 4.36. The van der Waals surface area contributed by atoms with Gasteiger partial charge in [0.25, 0.3) is 5.56 Å². The van der Waals surface area contributed by atoms with E-state index in [9.17, 15) is 4.79 Å². The highest BCUT2D eigenvalue weighted by atomic mass is 35.5. The third kappa shape index (κ3) is 3.39. The van der Waals surface area contributed by atoms with Gasteiger partial charge < -0.3 is 4.98 Å². The first-order valence-corrected chi connectivity index (χ1v) is 5.93. The molecule has 0 aliphatic rings. The minimum Gasteiger partial charge on any atom is -0.301 e. The van der Waals surface area contributed by atoms with Crippen LogP contribution in [0.1, 0.15) is 5.69 Å². The molecule has 1 N–H and O–H groups in total. The Morgan fingerprint density at radius 2 is 1.82 bits per heavy atom. The summed E-state index contributed by atoms with van der Waals surface area (Å²) in [6, 6.07) is 1.39. The van der Waals surface area contributed by atoms with Crippen molar-refractivity contribution < 1.29 is 0 Å². The number of aromatic nitrogens is 5. The fraction of sp³-hybridized carbons (Fsp3) is 0.125. The van der Waals surface area contributed by atoms with E-state index in [4.69, 9.17) is 23.2 Å².